The van der Waals surface area contributed by atoms with Crippen molar-refractivity contribution in [1.82, 2.24) is 9.78 Å². The molecule has 0 aliphatic heterocycles. The standard InChI is InChI=1S/C20H16FN3O5S3/c1-28-17(26)11-7-12(18(27)29-2)9-14(8-11)22-16(25)10-31-19-23-24(20(30)32-19)15-5-3-13(21)4-6-15/h3-9H,10H2,1-2H3,(H,22,25). The van der Waals surface area contributed by atoms with Crippen LogP contribution in [-0.2, 0) is 14.3 Å². The highest BCUT2D eigenvalue weighted by Gasteiger charge is 2.16. The van der Waals surface area contributed by atoms with Crippen molar-refractivity contribution in [2.24, 2.45) is 0 Å². The average Bonchev–Trinajstić information content (AvgIpc) is 3.17. The number of nitrogens with one attached hydrogen (secondary N) is 1. The second-order valence-corrected chi connectivity index (χ2v) is 8.99. The maximum absolute atomic E-state index is 13.1. The van der Waals surface area contributed by atoms with Gasteiger partial charge in [0.1, 0.15) is 5.82 Å². The smallest absolute Gasteiger partial charge is 0.337 e. The molecule has 1 heterocycles. The van der Waals surface area contributed by atoms with Crippen LogP contribution in [-0.4, -0.2) is 47.6 Å². The van der Waals surface area contributed by atoms with E-state index in [0.29, 0.717) is 14.0 Å². The van der Waals surface area contributed by atoms with Gasteiger partial charge >= 0.3 is 11.9 Å². The van der Waals surface area contributed by atoms with E-state index < -0.39 is 11.9 Å². The minimum absolute atomic E-state index is 0.00170. The molecule has 0 unspecified atom stereocenters. The molecule has 12 heteroatoms. The van der Waals surface area contributed by atoms with Crippen LogP contribution in [0.2, 0.25) is 0 Å². The van der Waals surface area contributed by atoms with Gasteiger partial charge in [-0.05, 0) is 54.7 Å². The molecule has 8 nitrogen and oxygen atoms in total. The van der Waals surface area contributed by atoms with E-state index in [9.17, 15) is 18.8 Å². The molecule has 0 radical (unpaired) electrons. The number of esters is 2. The fourth-order valence-corrected chi connectivity index (χ4v) is 4.72. The third-order valence-electron chi connectivity index (χ3n) is 3.99. The van der Waals surface area contributed by atoms with Crippen LogP contribution in [0, 0.1) is 9.77 Å². The minimum atomic E-state index is -0.660. The number of carbonyl (C=O) groups is 3. The number of anilines is 1. The van der Waals surface area contributed by atoms with Gasteiger partial charge in [-0.1, -0.05) is 23.1 Å². The summed E-state index contributed by atoms with van der Waals surface area (Å²) in [4.78, 5) is 36.2. The minimum Gasteiger partial charge on any atom is -0.465 e. The number of halogens is 1. The third kappa shape index (κ3) is 5.78. The highest BCUT2D eigenvalue weighted by Crippen LogP contribution is 2.25. The first-order valence-electron chi connectivity index (χ1n) is 8.91. The Morgan fingerprint density at radius 3 is 2.25 bits per heavy atom. The second kappa shape index (κ2) is 10.5. The maximum atomic E-state index is 13.1. The molecule has 0 fully saturated rings. The van der Waals surface area contributed by atoms with Crippen molar-refractivity contribution in [3.63, 3.8) is 0 Å². The van der Waals surface area contributed by atoms with Crippen molar-refractivity contribution < 1.29 is 28.2 Å². The predicted molar refractivity (Wildman–Crippen MR) is 121 cm³/mol. The lowest BCUT2D eigenvalue weighted by Crippen LogP contribution is -2.16. The largest absolute Gasteiger partial charge is 0.465 e. The zero-order valence-electron chi connectivity index (χ0n) is 16.8. The van der Waals surface area contributed by atoms with E-state index in [4.69, 9.17) is 12.2 Å². The van der Waals surface area contributed by atoms with Crippen molar-refractivity contribution in [2.45, 2.75) is 4.34 Å². The number of rotatable bonds is 7. The molecule has 166 valence electrons. The summed E-state index contributed by atoms with van der Waals surface area (Å²) in [7, 11) is 2.42. The molecule has 3 aromatic rings. The van der Waals surface area contributed by atoms with Crippen LogP contribution < -0.4 is 5.32 Å². The van der Waals surface area contributed by atoms with Gasteiger partial charge in [-0.3, -0.25) is 4.79 Å². The summed E-state index contributed by atoms with van der Waals surface area (Å²) in [5.41, 5.74) is 1.03. The number of amides is 1. The van der Waals surface area contributed by atoms with Gasteiger partial charge in [-0.25, -0.2) is 18.7 Å². The van der Waals surface area contributed by atoms with Gasteiger partial charge in [0.05, 0.1) is 36.8 Å². The van der Waals surface area contributed by atoms with E-state index in [0.717, 1.165) is 11.8 Å². The van der Waals surface area contributed by atoms with E-state index in [-0.39, 0.29) is 34.3 Å². The van der Waals surface area contributed by atoms with Gasteiger partial charge in [0.25, 0.3) is 0 Å². The normalized spacial score (nSPS) is 10.5. The average molecular weight is 494 g/mol. The summed E-state index contributed by atoms with van der Waals surface area (Å²) < 4.78 is 25.0. The van der Waals surface area contributed by atoms with E-state index in [2.05, 4.69) is 19.9 Å². The van der Waals surface area contributed by atoms with Crippen LogP contribution in [0.15, 0.2) is 46.8 Å². The van der Waals surface area contributed by atoms with Crippen LogP contribution in [0.1, 0.15) is 20.7 Å². The van der Waals surface area contributed by atoms with Gasteiger partial charge in [-0.2, -0.15) is 0 Å². The first-order chi connectivity index (χ1) is 15.3. The molecule has 0 atom stereocenters. The lowest BCUT2D eigenvalue weighted by Gasteiger charge is -2.09. The zero-order chi connectivity index (χ0) is 23.3. The van der Waals surface area contributed by atoms with E-state index in [1.165, 1.54) is 60.6 Å². The predicted octanol–water partition coefficient (Wildman–Crippen LogP) is 4.11. The van der Waals surface area contributed by atoms with Gasteiger partial charge < -0.3 is 14.8 Å². The molecule has 0 spiro atoms. The van der Waals surface area contributed by atoms with E-state index in [1.54, 1.807) is 12.1 Å². The van der Waals surface area contributed by atoms with Crippen LogP contribution in [0.4, 0.5) is 10.1 Å². The summed E-state index contributed by atoms with van der Waals surface area (Å²) in [6, 6.07) is 9.83. The number of ether oxygens (including phenoxy) is 2. The number of hydrogen-bond acceptors (Lipinski definition) is 9. The number of hydrogen-bond donors (Lipinski definition) is 1. The van der Waals surface area contributed by atoms with Crippen molar-refractivity contribution in [3.05, 3.63) is 63.4 Å². The summed E-state index contributed by atoms with van der Waals surface area (Å²) in [6.07, 6.45) is 0. The van der Waals surface area contributed by atoms with Crippen molar-refractivity contribution in [3.8, 4) is 5.69 Å². The van der Waals surface area contributed by atoms with Gasteiger partial charge in [0.2, 0.25) is 5.91 Å². The molecule has 0 bridgehead atoms. The number of thioether (sulfide) groups is 1. The number of aromatic nitrogens is 2. The monoisotopic (exact) mass is 493 g/mol. The molecule has 0 aliphatic carbocycles. The molecular formula is C20H16FN3O5S3. The summed E-state index contributed by atoms with van der Waals surface area (Å²) in [5, 5.41) is 6.99. The Morgan fingerprint density at radius 2 is 1.69 bits per heavy atom. The molecule has 1 aromatic heterocycles. The summed E-state index contributed by atoms with van der Waals surface area (Å²) in [6.45, 7) is 0. The van der Waals surface area contributed by atoms with Crippen molar-refractivity contribution in [1.29, 1.82) is 0 Å². The van der Waals surface area contributed by atoms with Crippen LogP contribution in [0.5, 0.6) is 0 Å². The van der Waals surface area contributed by atoms with Gasteiger partial charge in [0, 0.05) is 5.69 Å². The molecule has 0 saturated carbocycles. The molecule has 1 amide bonds. The third-order valence-corrected chi connectivity index (χ3v) is 6.35. The quantitative estimate of drug-likeness (QED) is 0.298. The molecule has 0 saturated heterocycles. The Morgan fingerprint density at radius 1 is 1.09 bits per heavy atom. The number of benzene rings is 2. The Hall–Kier alpha value is -3.09. The molecule has 2 aromatic carbocycles. The van der Waals surface area contributed by atoms with E-state index >= 15 is 0 Å². The molecule has 3 rings (SSSR count). The van der Waals surface area contributed by atoms with Crippen molar-refractivity contribution in [2.75, 3.05) is 25.3 Å². The highest BCUT2D eigenvalue weighted by atomic mass is 32.2. The number of carbonyl (C=O) groups excluding carboxylic acids is 3. The molecule has 1 N–H and O–H groups in total. The van der Waals surface area contributed by atoms with Gasteiger partial charge in [0.15, 0.2) is 8.29 Å². The van der Waals surface area contributed by atoms with Crippen LogP contribution in [0.3, 0.4) is 0 Å². The molecule has 32 heavy (non-hydrogen) atoms. The van der Waals surface area contributed by atoms with Crippen molar-refractivity contribution >= 4 is 58.8 Å². The summed E-state index contributed by atoms with van der Waals surface area (Å²) in [5.74, 6) is -2.07. The summed E-state index contributed by atoms with van der Waals surface area (Å²) >= 11 is 7.67. The van der Waals surface area contributed by atoms with Crippen LogP contribution >= 0.6 is 35.3 Å². The Bertz CT molecular complexity index is 1190. The Balaban J connectivity index is 1.70. The van der Waals surface area contributed by atoms with Crippen LogP contribution in [0.25, 0.3) is 5.69 Å². The topological polar surface area (TPSA) is 99.5 Å². The second-order valence-electron chi connectivity index (χ2n) is 6.14. The fraction of sp³-hybridized carbons (Fsp3) is 0.150. The van der Waals surface area contributed by atoms with E-state index in [1.807, 2.05) is 0 Å². The Kier molecular flexibility index (Phi) is 7.72. The number of methoxy groups -OCH3 is 2. The number of nitrogens with zero attached hydrogens (tertiary/aromatic N) is 2. The highest BCUT2D eigenvalue weighted by molar-refractivity contribution is 8.01. The maximum Gasteiger partial charge on any atom is 0.337 e. The SMILES string of the molecule is COC(=O)c1cc(NC(=O)CSc2nn(-c3ccc(F)cc3)c(=S)s2)cc(C(=O)OC)c1. The first kappa shape index (κ1) is 23.6. The molecule has 0 aliphatic rings. The lowest BCUT2D eigenvalue weighted by molar-refractivity contribution is -0.113. The first-order valence-corrected chi connectivity index (χ1v) is 11.1. The zero-order valence-corrected chi connectivity index (χ0v) is 19.2. The molecular weight excluding hydrogens is 477 g/mol. The lowest BCUT2D eigenvalue weighted by atomic mass is 10.1. The van der Waals surface area contributed by atoms with Gasteiger partial charge in [-0.15, -0.1) is 5.10 Å². The Labute approximate surface area is 195 Å². The fourth-order valence-electron chi connectivity index (χ4n) is 2.56.